The van der Waals surface area contributed by atoms with E-state index in [0.29, 0.717) is 23.4 Å². The van der Waals surface area contributed by atoms with Gasteiger partial charge in [0.25, 0.3) is 0 Å². The highest BCUT2D eigenvalue weighted by Gasteiger charge is 2.55. The first-order chi connectivity index (χ1) is 20.7. The number of hydrogen-bond donors (Lipinski definition) is 1. The monoisotopic (exact) mass is 600 g/mol. The van der Waals surface area contributed by atoms with Gasteiger partial charge in [-0.1, -0.05) is 30.3 Å². The first-order valence-electron chi connectivity index (χ1n) is 14.2. The van der Waals surface area contributed by atoms with Crippen LogP contribution in [0.5, 0.6) is 11.5 Å². The highest BCUT2D eigenvalue weighted by atomic mass is 35.5. The van der Waals surface area contributed by atoms with Crippen LogP contribution in [0.15, 0.2) is 67.0 Å². The van der Waals surface area contributed by atoms with E-state index in [4.69, 9.17) is 41.4 Å². The molecule has 7 rings (SSSR count). The van der Waals surface area contributed by atoms with E-state index >= 15 is 0 Å². The number of rotatable bonds is 7. The van der Waals surface area contributed by atoms with Crippen LogP contribution in [0.1, 0.15) is 43.4 Å². The minimum Gasteiger partial charge on any atom is -0.497 e. The van der Waals surface area contributed by atoms with Crippen molar-refractivity contribution in [3.8, 4) is 22.8 Å². The first-order valence-corrected chi connectivity index (χ1v) is 14.6. The van der Waals surface area contributed by atoms with Crippen molar-refractivity contribution >= 4 is 28.5 Å². The molecular formula is C32H33ClN6O4. The van der Waals surface area contributed by atoms with Crippen LogP contribution in [0.3, 0.4) is 0 Å². The SMILES string of the molecule is COc1cc(OC)cc([C@H]2C[C@@H](n3cc(-c4ccn(Cc5ccccc5)n4)c4c(N)nc(Cl)nc43)[C@@H]3OC(C)(C)O[C@@H]32)c1. The minimum atomic E-state index is -0.761. The van der Waals surface area contributed by atoms with Gasteiger partial charge in [-0.15, -0.1) is 0 Å². The summed E-state index contributed by atoms with van der Waals surface area (Å²) < 4.78 is 28.3. The van der Waals surface area contributed by atoms with Crippen LogP contribution in [0.4, 0.5) is 5.82 Å². The minimum absolute atomic E-state index is 0.00131. The topological polar surface area (TPSA) is 111 Å². The molecule has 1 aliphatic heterocycles. The lowest BCUT2D eigenvalue weighted by molar-refractivity contribution is -0.157. The molecule has 4 heterocycles. The second-order valence-electron chi connectivity index (χ2n) is 11.5. The molecule has 2 aromatic carbocycles. The maximum Gasteiger partial charge on any atom is 0.226 e. The summed E-state index contributed by atoms with van der Waals surface area (Å²) in [5.41, 5.74) is 10.9. The van der Waals surface area contributed by atoms with Gasteiger partial charge in [-0.05, 0) is 61.2 Å². The molecule has 1 aliphatic carbocycles. The van der Waals surface area contributed by atoms with Gasteiger partial charge < -0.3 is 29.2 Å². The molecule has 222 valence electrons. The number of ether oxygens (including phenoxy) is 4. The van der Waals surface area contributed by atoms with Crippen molar-refractivity contribution in [1.29, 1.82) is 0 Å². The number of hydrogen-bond acceptors (Lipinski definition) is 8. The summed E-state index contributed by atoms with van der Waals surface area (Å²) in [4.78, 5) is 8.96. The average molecular weight is 601 g/mol. The van der Waals surface area contributed by atoms with E-state index in [1.807, 2.05) is 73.4 Å². The Kier molecular flexibility index (Phi) is 6.80. The van der Waals surface area contributed by atoms with Crippen molar-refractivity contribution in [2.45, 2.75) is 56.8 Å². The van der Waals surface area contributed by atoms with Crippen LogP contribution in [-0.4, -0.2) is 56.5 Å². The lowest BCUT2D eigenvalue weighted by Crippen LogP contribution is -2.27. The van der Waals surface area contributed by atoms with Crippen molar-refractivity contribution < 1.29 is 18.9 Å². The molecule has 0 unspecified atom stereocenters. The lowest BCUT2D eigenvalue weighted by Gasteiger charge is -2.25. The van der Waals surface area contributed by atoms with E-state index in [1.165, 1.54) is 0 Å². The Morgan fingerprint density at radius 2 is 1.72 bits per heavy atom. The van der Waals surface area contributed by atoms with Crippen molar-refractivity contribution in [3.63, 3.8) is 0 Å². The zero-order valence-electron chi connectivity index (χ0n) is 24.4. The summed E-state index contributed by atoms with van der Waals surface area (Å²) in [5.74, 6) is 0.984. The number of nitrogen functional groups attached to an aromatic ring is 1. The Labute approximate surface area is 254 Å². The first kappa shape index (κ1) is 27.7. The van der Waals surface area contributed by atoms with Gasteiger partial charge in [-0.3, -0.25) is 4.68 Å². The van der Waals surface area contributed by atoms with E-state index in [1.54, 1.807) is 14.2 Å². The van der Waals surface area contributed by atoms with Gasteiger partial charge in [-0.25, -0.2) is 4.98 Å². The van der Waals surface area contributed by atoms with E-state index in [0.717, 1.165) is 40.3 Å². The zero-order chi connectivity index (χ0) is 29.9. The third-order valence-electron chi connectivity index (χ3n) is 8.37. The number of aromatic nitrogens is 5. The Bertz CT molecular complexity index is 1780. The van der Waals surface area contributed by atoms with Crippen molar-refractivity contribution in [2.75, 3.05) is 20.0 Å². The molecule has 2 fully saturated rings. The molecule has 0 amide bonds. The fraction of sp³-hybridized carbons (Fsp3) is 0.344. The maximum absolute atomic E-state index is 6.57. The molecule has 5 aromatic rings. The van der Waals surface area contributed by atoms with Crippen LogP contribution in [0.25, 0.3) is 22.3 Å². The molecular weight excluding hydrogens is 568 g/mol. The van der Waals surface area contributed by atoms with Crippen LogP contribution in [0, 0.1) is 0 Å². The molecule has 43 heavy (non-hydrogen) atoms. The van der Waals surface area contributed by atoms with E-state index in [9.17, 15) is 0 Å². The molecule has 11 heteroatoms. The van der Waals surface area contributed by atoms with Crippen molar-refractivity contribution in [1.82, 2.24) is 24.3 Å². The molecule has 0 spiro atoms. The van der Waals surface area contributed by atoms with E-state index in [-0.39, 0.29) is 29.5 Å². The molecule has 1 saturated carbocycles. The summed E-state index contributed by atoms with van der Waals surface area (Å²) in [7, 11) is 3.30. The van der Waals surface area contributed by atoms with Gasteiger partial charge in [0.2, 0.25) is 5.28 Å². The number of nitrogens with two attached hydrogens (primary N) is 1. The second kappa shape index (κ2) is 10.6. The summed E-state index contributed by atoms with van der Waals surface area (Å²) >= 11 is 6.38. The highest BCUT2D eigenvalue weighted by Crippen LogP contribution is 2.53. The van der Waals surface area contributed by atoms with Crippen LogP contribution in [0.2, 0.25) is 5.28 Å². The molecule has 2 aliphatic rings. The number of halogens is 1. The molecule has 2 N–H and O–H groups in total. The molecule has 10 nitrogen and oxygen atoms in total. The van der Waals surface area contributed by atoms with Gasteiger partial charge in [-0.2, -0.15) is 10.1 Å². The van der Waals surface area contributed by atoms with Gasteiger partial charge in [0.15, 0.2) is 5.79 Å². The molecule has 4 atom stereocenters. The predicted molar refractivity (Wildman–Crippen MR) is 163 cm³/mol. The van der Waals surface area contributed by atoms with Crippen LogP contribution >= 0.6 is 11.6 Å². The number of nitrogens with zero attached hydrogens (tertiary/aromatic N) is 5. The Hall–Kier alpha value is -4.12. The summed E-state index contributed by atoms with van der Waals surface area (Å²) in [6, 6.07) is 18.0. The van der Waals surface area contributed by atoms with Crippen LogP contribution < -0.4 is 15.2 Å². The summed E-state index contributed by atoms with van der Waals surface area (Å²) in [5, 5.41) is 5.68. The van der Waals surface area contributed by atoms with Crippen molar-refractivity contribution in [3.05, 3.63) is 83.4 Å². The van der Waals surface area contributed by atoms with Gasteiger partial charge in [0, 0.05) is 29.9 Å². The van der Waals surface area contributed by atoms with Gasteiger partial charge in [0.1, 0.15) is 29.1 Å². The summed E-state index contributed by atoms with van der Waals surface area (Å²) in [6.07, 6.45) is 4.26. The third-order valence-corrected chi connectivity index (χ3v) is 8.54. The number of methoxy groups -OCH3 is 2. The number of fused-ring (bicyclic) bond motifs is 2. The van der Waals surface area contributed by atoms with Crippen molar-refractivity contribution in [2.24, 2.45) is 0 Å². The molecule has 0 radical (unpaired) electrons. The zero-order valence-corrected chi connectivity index (χ0v) is 25.2. The average Bonchev–Trinajstić information content (AvgIpc) is 3.75. The Morgan fingerprint density at radius 3 is 2.44 bits per heavy atom. The summed E-state index contributed by atoms with van der Waals surface area (Å²) in [6.45, 7) is 4.54. The fourth-order valence-corrected chi connectivity index (χ4v) is 6.73. The standard InChI is InChI=1S/C32H33ClN6O4/c1-32(2)42-27-22(19-12-20(40-3)14-21(13-19)41-4)15-25(28(27)43-32)39-17-23(26-29(34)35-31(33)36-30(26)39)24-10-11-38(37-24)16-18-8-6-5-7-9-18/h5-14,17,22,25,27-28H,15-16H2,1-4H3,(H2,34,35,36)/t22-,25-,27-,28+/m1/s1. The fourth-order valence-electron chi connectivity index (χ4n) is 6.55. The largest absolute Gasteiger partial charge is 0.497 e. The second-order valence-corrected chi connectivity index (χ2v) is 11.9. The molecule has 3 aromatic heterocycles. The van der Waals surface area contributed by atoms with E-state index in [2.05, 4.69) is 26.7 Å². The smallest absolute Gasteiger partial charge is 0.226 e. The number of anilines is 1. The van der Waals surface area contributed by atoms with Crippen LogP contribution in [-0.2, 0) is 16.0 Å². The molecule has 0 bridgehead atoms. The highest BCUT2D eigenvalue weighted by molar-refractivity contribution is 6.29. The molecule has 1 saturated heterocycles. The quantitative estimate of drug-likeness (QED) is 0.232. The normalized spacial score (nSPS) is 22.6. The third kappa shape index (κ3) is 4.99. The Balaban J connectivity index is 1.32. The Morgan fingerprint density at radius 1 is 1.00 bits per heavy atom. The predicted octanol–water partition coefficient (Wildman–Crippen LogP) is 5.84. The van der Waals surface area contributed by atoms with Gasteiger partial charge in [0.05, 0.1) is 44.0 Å². The maximum atomic E-state index is 6.57. The lowest BCUT2D eigenvalue weighted by atomic mass is 9.94. The van der Waals surface area contributed by atoms with E-state index < -0.39 is 5.79 Å². The van der Waals surface area contributed by atoms with Gasteiger partial charge >= 0.3 is 0 Å². The number of benzene rings is 2.